The first-order valence-corrected chi connectivity index (χ1v) is 11.0. The third kappa shape index (κ3) is 6.57. The Labute approximate surface area is 198 Å². The molecule has 1 fully saturated rings. The van der Waals surface area contributed by atoms with E-state index in [1.165, 1.54) is 19.9 Å². The summed E-state index contributed by atoms with van der Waals surface area (Å²) in [7, 11) is -1.20. The van der Waals surface area contributed by atoms with Gasteiger partial charge in [0.15, 0.2) is 0 Å². The second-order valence-electron chi connectivity index (χ2n) is 9.08. The number of para-hydroxylation sites is 1. The van der Waals surface area contributed by atoms with Gasteiger partial charge in [-0.1, -0.05) is 18.2 Å². The van der Waals surface area contributed by atoms with Crippen LogP contribution in [0.3, 0.4) is 0 Å². The van der Waals surface area contributed by atoms with Crippen LogP contribution in [0.25, 0.3) is 0 Å². The van der Waals surface area contributed by atoms with Crippen molar-refractivity contribution >= 4 is 13.1 Å². The Morgan fingerprint density at radius 3 is 2.24 bits per heavy atom. The molecule has 1 aliphatic rings. The van der Waals surface area contributed by atoms with E-state index in [0.29, 0.717) is 5.56 Å². The summed E-state index contributed by atoms with van der Waals surface area (Å²) in [5.41, 5.74) is -2.41. The van der Waals surface area contributed by atoms with Crippen LogP contribution in [0, 0.1) is 0 Å². The lowest BCUT2D eigenvalue weighted by Gasteiger charge is -2.32. The highest BCUT2D eigenvalue weighted by Gasteiger charge is 2.53. The van der Waals surface area contributed by atoms with Crippen LogP contribution in [0.2, 0.25) is 0 Å². The number of alkyl halides is 3. The van der Waals surface area contributed by atoms with E-state index in [1.54, 1.807) is 52.8 Å². The van der Waals surface area contributed by atoms with Gasteiger partial charge in [-0.15, -0.1) is 0 Å². The minimum absolute atomic E-state index is 0.125. The fourth-order valence-corrected chi connectivity index (χ4v) is 3.30. The van der Waals surface area contributed by atoms with Gasteiger partial charge >= 0.3 is 19.3 Å². The molecule has 1 aromatic rings. The molecule has 0 spiro atoms. The fraction of sp³-hybridized carbons (Fsp3) is 0.542. The highest BCUT2D eigenvalue weighted by Crippen LogP contribution is 2.40. The van der Waals surface area contributed by atoms with Crippen LogP contribution in [0.15, 0.2) is 47.1 Å². The van der Waals surface area contributed by atoms with Crippen molar-refractivity contribution in [2.75, 3.05) is 6.61 Å². The lowest BCUT2D eigenvalue weighted by Crippen LogP contribution is -2.41. The number of benzene rings is 1. The van der Waals surface area contributed by atoms with Crippen molar-refractivity contribution in [1.29, 1.82) is 0 Å². The minimum atomic E-state index is -4.78. The predicted molar refractivity (Wildman–Crippen MR) is 122 cm³/mol. The maximum absolute atomic E-state index is 14.1. The van der Waals surface area contributed by atoms with Crippen molar-refractivity contribution in [2.45, 2.75) is 78.4 Å². The van der Waals surface area contributed by atoms with E-state index in [4.69, 9.17) is 18.8 Å². The normalized spacial score (nSPS) is 19.5. The summed E-state index contributed by atoms with van der Waals surface area (Å²) < 4.78 is 64.5. The maximum Gasteiger partial charge on any atom is 0.498 e. The van der Waals surface area contributed by atoms with Gasteiger partial charge in [0.2, 0.25) is 0 Å². The molecule has 0 aliphatic carbocycles. The first kappa shape index (κ1) is 27.8. The second-order valence-corrected chi connectivity index (χ2v) is 9.08. The molecule has 0 radical (unpaired) electrons. The molecule has 1 aromatic carbocycles. The molecule has 0 saturated carbocycles. The van der Waals surface area contributed by atoms with Crippen molar-refractivity contribution in [1.82, 2.24) is 0 Å². The summed E-state index contributed by atoms with van der Waals surface area (Å²) >= 11 is 0. The largest absolute Gasteiger partial charge is 0.513 e. The number of aliphatic hydroxyl groups excluding tert-OH is 1. The van der Waals surface area contributed by atoms with E-state index in [9.17, 15) is 23.1 Å². The summed E-state index contributed by atoms with van der Waals surface area (Å²) in [6.45, 7) is 11.4. The smallest absolute Gasteiger partial charge is 0.498 e. The van der Waals surface area contributed by atoms with Crippen molar-refractivity contribution < 1.29 is 41.9 Å². The van der Waals surface area contributed by atoms with E-state index in [1.807, 2.05) is 0 Å². The van der Waals surface area contributed by atoms with Gasteiger partial charge in [0.1, 0.15) is 11.9 Å². The van der Waals surface area contributed by atoms with Crippen LogP contribution in [-0.2, 0) is 25.3 Å². The summed E-state index contributed by atoms with van der Waals surface area (Å²) in [6, 6.07) is 6.33. The molecule has 1 saturated heterocycles. The quantitative estimate of drug-likeness (QED) is 0.227. The molecule has 0 amide bonds. The standard InChI is InChI=1S/C24H32BF3O6/c1-8-31-21(30)13-17-11-9-10-12-20(17)32-16(3)18(24(26,27)28)14-19(15(2)29)25-33-22(4,5)23(6,7)34-25/h9-12,14,16,29H,8,13H2,1-7H3/b18-14-,19-15-/t16-/m1/s1. The summed E-state index contributed by atoms with van der Waals surface area (Å²) in [5, 5.41) is 10.2. The van der Waals surface area contributed by atoms with Crippen LogP contribution in [0.4, 0.5) is 13.2 Å². The molecule has 10 heteroatoms. The summed E-state index contributed by atoms with van der Waals surface area (Å²) in [5.74, 6) is -0.755. The van der Waals surface area contributed by atoms with Crippen LogP contribution < -0.4 is 4.74 Å². The van der Waals surface area contributed by atoms with Crippen LogP contribution in [0.1, 0.15) is 54.0 Å². The van der Waals surface area contributed by atoms with Gasteiger partial charge in [-0.3, -0.25) is 4.79 Å². The summed E-state index contributed by atoms with van der Waals surface area (Å²) in [4.78, 5) is 11.9. The predicted octanol–water partition coefficient (Wildman–Crippen LogP) is 5.51. The Morgan fingerprint density at radius 2 is 1.74 bits per heavy atom. The van der Waals surface area contributed by atoms with E-state index < -0.39 is 42.1 Å². The van der Waals surface area contributed by atoms with E-state index in [0.717, 1.165) is 6.08 Å². The Morgan fingerprint density at radius 1 is 1.18 bits per heavy atom. The zero-order valence-corrected chi connectivity index (χ0v) is 20.6. The topological polar surface area (TPSA) is 74.2 Å². The highest BCUT2D eigenvalue weighted by atomic mass is 19.4. The SMILES string of the molecule is CCOC(=O)Cc1ccccc1O[C@H](C)/C(=C/C(B1OC(C)(C)C(C)(C)O1)=C(\C)O)C(F)(F)F. The van der Waals surface area contributed by atoms with Gasteiger partial charge in [-0.25, -0.2) is 0 Å². The molecule has 34 heavy (non-hydrogen) atoms. The molecule has 188 valence electrons. The van der Waals surface area contributed by atoms with E-state index in [-0.39, 0.29) is 30.0 Å². The molecule has 0 bridgehead atoms. The van der Waals surface area contributed by atoms with Crippen molar-refractivity contribution in [3.8, 4) is 5.75 Å². The van der Waals surface area contributed by atoms with E-state index >= 15 is 0 Å². The van der Waals surface area contributed by atoms with Crippen LogP contribution >= 0.6 is 0 Å². The number of hydrogen-bond acceptors (Lipinski definition) is 6. The van der Waals surface area contributed by atoms with Gasteiger partial charge < -0.3 is 23.9 Å². The summed E-state index contributed by atoms with van der Waals surface area (Å²) in [6.07, 6.45) is -5.59. The number of carbonyl (C=O) groups excluding carboxylic acids is 1. The number of rotatable bonds is 8. The molecule has 2 rings (SSSR count). The first-order valence-electron chi connectivity index (χ1n) is 11.0. The number of aliphatic hydroxyl groups is 1. The van der Waals surface area contributed by atoms with Crippen LogP contribution in [-0.4, -0.2) is 48.3 Å². The third-order valence-electron chi connectivity index (χ3n) is 5.92. The Balaban J connectivity index is 2.40. The van der Waals surface area contributed by atoms with Crippen LogP contribution in [0.5, 0.6) is 5.75 Å². The van der Waals surface area contributed by atoms with Gasteiger partial charge in [-0.05, 0) is 60.6 Å². The molecule has 0 aromatic heterocycles. The Bertz CT molecular complexity index is 932. The van der Waals surface area contributed by atoms with Crippen molar-refractivity contribution in [3.05, 3.63) is 52.7 Å². The lowest BCUT2D eigenvalue weighted by molar-refractivity contribution is -0.142. The third-order valence-corrected chi connectivity index (χ3v) is 5.92. The minimum Gasteiger partial charge on any atom is -0.513 e. The first-order chi connectivity index (χ1) is 15.6. The van der Waals surface area contributed by atoms with Crippen molar-refractivity contribution in [2.24, 2.45) is 0 Å². The monoisotopic (exact) mass is 484 g/mol. The molecule has 0 unspecified atom stereocenters. The fourth-order valence-electron chi connectivity index (χ4n) is 3.30. The molecule has 1 atom stereocenters. The zero-order chi connectivity index (χ0) is 25.9. The van der Waals surface area contributed by atoms with Gasteiger partial charge in [0.05, 0.1) is 35.6 Å². The number of halogens is 3. The molecule has 1 N–H and O–H groups in total. The molecular weight excluding hydrogens is 452 g/mol. The second kappa shape index (κ2) is 10.4. The highest BCUT2D eigenvalue weighted by molar-refractivity contribution is 6.55. The van der Waals surface area contributed by atoms with Crippen molar-refractivity contribution in [3.63, 3.8) is 0 Å². The molecule has 1 heterocycles. The lowest BCUT2D eigenvalue weighted by atomic mass is 9.76. The number of hydrogen-bond donors (Lipinski definition) is 1. The zero-order valence-electron chi connectivity index (χ0n) is 20.6. The molecule has 1 aliphatic heterocycles. The van der Waals surface area contributed by atoms with E-state index in [2.05, 4.69) is 0 Å². The molecule has 6 nitrogen and oxygen atoms in total. The average Bonchev–Trinajstić information content (AvgIpc) is 2.89. The number of carbonyl (C=O) groups is 1. The average molecular weight is 484 g/mol. The molecular formula is C24H32BF3O6. The number of allylic oxidation sites excluding steroid dienone is 3. The Hall–Kier alpha value is -2.46. The Kier molecular flexibility index (Phi) is 8.53. The maximum atomic E-state index is 14.1. The number of esters is 1. The van der Waals surface area contributed by atoms with Gasteiger partial charge in [0, 0.05) is 11.0 Å². The van der Waals surface area contributed by atoms with Gasteiger partial charge in [-0.2, -0.15) is 13.2 Å². The van der Waals surface area contributed by atoms with Gasteiger partial charge in [0.25, 0.3) is 0 Å². The number of ether oxygens (including phenoxy) is 2.